The summed E-state index contributed by atoms with van der Waals surface area (Å²) in [5.74, 6) is -1.54. The Morgan fingerprint density at radius 2 is 2.03 bits per heavy atom. The summed E-state index contributed by atoms with van der Waals surface area (Å²) >= 11 is 1.44. The highest BCUT2D eigenvalue weighted by Crippen LogP contribution is 2.29. The third kappa shape index (κ3) is 4.85. The minimum Gasteiger partial charge on any atom is -0.481 e. The molecule has 6 nitrogen and oxygen atoms in total. The summed E-state index contributed by atoms with van der Waals surface area (Å²) in [5, 5.41) is 15.1. The molecule has 0 radical (unpaired) electrons. The van der Waals surface area contributed by atoms with Gasteiger partial charge in [-0.05, 0) is 53.9 Å². The lowest BCUT2D eigenvalue weighted by Crippen LogP contribution is -2.00. The number of nitrogens with zero attached hydrogens (tertiary/aromatic N) is 3. The van der Waals surface area contributed by atoms with E-state index in [2.05, 4.69) is 15.1 Å². The number of carbonyl (C=O) groups is 1. The molecular formula is C26H22F2N4O2S. The molecule has 0 unspecified atom stereocenters. The van der Waals surface area contributed by atoms with Gasteiger partial charge in [0.05, 0.1) is 23.7 Å². The van der Waals surface area contributed by atoms with Crippen LogP contribution in [0.4, 0.5) is 8.78 Å². The number of rotatable bonds is 8. The second kappa shape index (κ2) is 9.42. The smallest absolute Gasteiger partial charge is 0.303 e. The number of benzene rings is 2. The van der Waals surface area contributed by atoms with Gasteiger partial charge in [0.1, 0.15) is 11.6 Å². The second-order valence-electron chi connectivity index (χ2n) is 8.40. The van der Waals surface area contributed by atoms with E-state index in [0.717, 1.165) is 31.9 Å². The molecule has 5 rings (SSSR count). The number of aromatic nitrogens is 4. The lowest BCUT2D eigenvalue weighted by atomic mass is 9.96. The van der Waals surface area contributed by atoms with Crippen LogP contribution in [-0.2, 0) is 24.2 Å². The first-order chi connectivity index (χ1) is 16.9. The van der Waals surface area contributed by atoms with Gasteiger partial charge in [-0.3, -0.25) is 9.48 Å². The van der Waals surface area contributed by atoms with Crippen LogP contribution >= 0.6 is 11.3 Å². The summed E-state index contributed by atoms with van der Waals surface area (Å²) in [5.41, 5.74) is 3.84. The van der Waals surface area contributed by atoms with Crippen LogP contribution in [0.5, 0.6) is 0 Å². The van der Waals surface area contributed by atoms with Gasteiger partial charge in [-0.25, -0.2) is 13.8 Å². The van der Waals surface area contributed by atoms with Crippen LogP contribution < -0.4 is 0 Å². The molecule has 0 aliphatic heterocycles. The highest BCUT2D eigenvalue weighted by Gasteiger charge is 2.15. The van der Waals surface area contributed by atoms with Gasteiger partial charge in [0.25, 0.3) is 0 Å². The van der Waals surface area contributed by atoms with E-state index >= 15 is 0 Å². The van der Waals surface area contributed by atoms with E-state index < -0.39 is 11.8 Å². The molecule has 0 fully saturated rings. The van der Waals surface area contributed by atoms with Gasteiger partial charge >= 0.3 is 5.97 Å². The molecule has 0 aliphatic carbocycles. The van der Waals surface area contributed by atoms with Gasteiger partial charge in [-0.2, -0.15) is 5.10 Å². The molecule has 0 amide bonds. The fraction of sp³-hybridized carbons (Fsp3) is 0.192. The largest absolute Gasteiger partial charge is 0.481 e. The Hall–Kier alpha value is -3.85. The Kier molecular flexibility index (Phi) is 6.17. The first-order valence-electron chi connectivity index (χ1n) is 11.1. The van der Waals surface area contributed by atoms with Gasteiger partial charge in [-0.1, -0.05) is 6.07 Å². The van der Waals surface area contributed by atoms with E-state index in [1.807, 2.05) is 13.0 Å². The number of thiazole rings is 1. The quantitative estimate of drug-likeness (QED) is 0.290. The maximum absolute atomic E-state index is 14.8. The molecule has 35 heavy (non-hydrogen) atoms. The monoisotopic (exact) mass is 492 g/mol. The van der Waals surface area contributed by atoms with Crippen molar-refractivity contribution in [3.63, 3.8) is 0 Å². The van der Waals surface area contributed by atoms with E-state index in [1.54, 1.807) is 41.5 Å². The lowest BCUT2D eigenvalue weighted by molar-refractivity contribution is -0.136. The van der Waals surface area contributed by atoms with E-state index in [1.165, 1.54) is 23.5 Å². The van der Waals surface area contributed by atoms with Crippen molar-refractivity contribution in [1.29, 1.82) is 0 Å². The molecule has 2 N–H and O–H groups in total. The molecule has 178 valence electrons. The zero-order chi connectivity index (χ0) is 24.5. The Labute approximate surface area is 203 Å². The molecule has 0 spiro atoms. The van der Waals surface area contributed by atoms with Crippen molar-refractivity contribution < 1.29 is 18.7 Å². The van der Waals surface area contributed by atoms with Crippen LogP contribution in [0.2, 0.25) is 0 Å². The molecular weight excluding hydrogens is 470 g/mol. The van der Waals surface area contributed by atoms with E-state index in [4.69, 9.17) is 5.11 Å². The van der Waals surface area contributed by atoms with Gasteiger partial charge < -0.3 is 10.1 Å². The number of nitrogens with one attached hydrogen (secondary N) is 1. The Balaban J connectivity index is 1.36. The van der Waals surface area contributed by atoms with Crippen molar-refractivity contribution >= 4 is 28.2 Å². The average molecular weight is 493 g/mol. The molecule has 0 atom stereocenters. The molecule has 0 bridgehead atoms. The Bertz CT molecular complexity index is 1540. The lowest BCUT2D eigenvalue weighted by Gasteiger charge is -2.11. The third-order valence-corrected chi connectivity index (χ3v) is 7.04. The predicted octanol–water partition coefficient (Wildman–Crippen LogP) is 5.73. The first kappa shape index (κ1) is 22.9. The number of halogens is 2. The molecule has 5 aromatic rings. The van der Waals surface area contributed by atoms with Crippen LogP contribution in [0.15, 0.2) is 55.0 Å². The molecule has 0 aliphatic rings. The minimum absolute atomic E-state index is 0.0386. The zero-order valence-corrected chi connectivity index (χ0v) is 19.7. The fourth-order valence-electron chi connectivity index (χ4n) is 4.19. The molecule has 0 saturated carbocycles. The molecule has 3 aromatic heterocycles. The number of hydrogen-bond acceptors (Lipinski definition) is 4. The third-order valence-electron chi connectivity index (χ3n) is 6.00. The number of H-pyrrole nitrogens is 1. The van der Waals surface area contributed by atoms with Crippen molar-refractivity contribution in [3.05, 3.63) is 93.2 Å². The van der Waals surface area contributed by atoms with Crippen molar-refractivity contribution in [2.75, 3.05) is 0 Å². The molecule has 0 saturated heterocycles. The predicted molar refractivity (Wildman–Crippen MR) is 131 cm³/mol. The summed E-state index contributed by atoms with van der Waals surface area (Å²) in [6.45, 7) is 2.35. The van der Waals surface area contributed by atoms with Crippen LogP contribution in [0.25, 0.3) is 22.2 Å². The topological polar surface area (TPSA) is 83.8 Å². The van der Waals surface area contributed by atoms with Crippen LogP contribution in [0.3, 0.4) is 0 Å². The number of aromatic amines is 1. The molecule has 3 heterocycles. The molecule has 2 aromatic carbocycles. The summed E-state index contributed by atoms with van der Waals surface area (Å²) in [7, 11) is 0. The van der Waals surface area contributed by atoms with Gasteiger partial charge in [0, 0.05) is 52.8 Å². The van der Waals surface area contributed by atoms with Gasteiger partial charge in [0.2, 0.25) is 0 Å². The van der Waals surface area contributed by atoms with Gasteiger partial charge in [0.15, 0.2) is 0 Å². The number of aryl methyl sites for hydroxylation is 2. The van der Waals surface area contributed by atoms with Crippen molar-refractivity contribution in [2.45, 2.75) is 32.7 Å². The second-order valence-corrected chi connectivity index (χ2v) is 9.60. The zero-order valence-electron chi connectivity index (χ0n) is 18.9. The van der Waals surface area contributed by atoms with E-state index in [-0.39, 0.29) is 12.2 Å². The Morgan fingerprint density at radius 3 is 2.86 bits per heavy atom. The number of aliphatic carboxylic acids is 1. The summed E-state index contributed by atoms with van der Waals surface area (Å²) in [4.78, 5) is 19.0. The maximum atomic E-state index is 14.8. The number of hydrogen-bond donors (Lipinski definition) is 2. The normalized spacial score (nSPS) is 11.4. The average Bonchev–Trinajstić information content (AvgIpc) is 3.58. The first-order valence-corrected chi connectivity index (χ1v) is 11.9. The highest BCUT2D eigenvalue weighted by molar-refractivity contribution is 7.11. The van der Waals surface area contributed by atoms with E-state index in [9.17, 15) is 13.6 Å². The fourth-order valence-corrected chi connectivity index (χ4v) is 5.10. The molecule has 9 heteroatoms. The summed E-state index contributed by atoms with van der Waals surface area (Å²) in [6.07, 6.45) is 6.03. The number of carboxylic acids is 1. The Morgan fingerprint density at radius 1 is 1.17 bits per heavy atom. The van der Waals surface area contributed by atoms with Crippen molar-refractivity contribution in [3.8, 4) is 11.3 Å². The van der Waals surface area contributed by atoms with Crippen LogP contribution in [0.1, 0.15) is 33.0 Å². The highest BCUT2D eigenvalue weighted by atomic mass is 32.1. The van der Waals surface area contributed by atoms with Crippen LogP contribution in [-0.4, -0.2) is 30.8 Å². The van der Waals surface area contributed by atoms with Gasteiger partial charge in [-0.15, -0.1) is 11.3 Å². The minimum atomic E-state index is -0.856. The number of fused-ring (bicyclic) bond motifs is 1. The number of carboxylic acid groups (broad SMARTS) is 1. The summed E-state index contributed by atoms with van der Waals surface area (Å²) in [6, 6.07) is 9.95. The van der Waals surface area contributed by atoms with Crippen molar-refractivity contribution in [1.82, 2.24) is 19.7 Å². The van der Waals surface area contributed by atoms with E-state index in [0.29, 0.717) is 36.2 Å². The summed E-state index contributed by atoms with van der Waals surface area (Å²) < 4.78 is 31.2. The van der Waals surface area contributed by atoms with Crippen molar-refractivity contribution in [2.24, 2.45) is 0 Å². The SMILES string of the molecule is Cc1c(Cc2ccc(F)c(-c3ccn(Cc4cnc(CCC(=O)O)s4)n3)c2)c(F)cc2[nH]ccc12. The standard InChI is InChI=1S/C26H22F2N4O2S/c1-15-18-6-8-29-24(18)12-22(28)19(15)10-16-2-3-21(27)20(11-16)23-7-9-32(31-23)14-17-13-30-25(35-17)4-5-26(33)34/h2-3,6-9,11-13,29H,4-5,10,14H2,1H3,(H,33,34). The van der Waals surface area contributed by atoms with Crippen LogP contribution in [0, 0.1) is 18.6 Å². The maximum Gasteiger partial charge on any atom is 0.303 e.